The third-order valence-corrected chi connectivity index (χ3v) is 3.84. The molecule has 1 heterocycles. The van der Waals surface area contributed by atoms with Crippen LogP contribution >= 0.6 is 11.6 Å². The summed E-state index contributed by atoms with van der Waals surface area (Å²) in [6, 6.07) is 7.59. The Bertz CT molecular complexity index is 685. The highest BCUT2D eigenvalue weighted by Gasteiger charge is 2.30. The zero-order chi connectivity index (χ0) is 14.3. The Balaban J connectivity index is 2.08. The van der Waals surface area contributed by atoms with Gasteiger partial charge in [-0.1, -0.05) is 11.6 Å². The summed E-state index contributed by atoms with van der Waals surface area (Å²) in [6.07, 6.45) is 1.17. The molecule has 5 heteroatoms. The predicted octanol–water partition coefficient (Wildman–Crippen LogP) is 3.66. The van der Waals surface area contributed by atoms with E-state index in [1.165, 1.54) is 12.1 Å². The molecule has 0 fully saturated rings. The molecule has 0 spiro atoms. The maximum Gasteiger partial charge on any atom is 0.311 e. The zero-order valence-corrected chi connectivity index (χ0v) is 11.2. The van der Waals surface area contributed by atoms with Gasteiger partial charge in [-0.05, 0) is 48.7 Å². The molecule has 0 saturated heterocycles. The number of benzene rings is 1. The number of carbonyl (C=O) groups is 1. The highest BCUT2D eigenvalue weighted by Crippen LogP contribution is 2.37. The number of aryl methyl sites for hydroxylation is 1. The monoisotopic (exact) mass is 291 g/mol. The predicted molar refractivity (Wildman–Crippen MR) is 73.3 cm³/mol. The van der Waals surface area contributed by atoms with E-state index >= 15 is 0 Å². The van der Waals surface area contributed by atoms with Gasteiger partial charge in [-0.2, -0.15) is 0 Å². The summed E-state index contributed by atoms with van der Waals surface area (Å²) in [6.45, 7) is 0. The summed E-state index contributed by atoms with van der Waals surface area (Å²) in [5, 5.41) is 9.55. The van der Waals surface area contributed by atoms with Crippen molar-refractivity contribution in [2.24, 2.45) is 0 Å². The lowest BCUT2D eigenvalue weighted by molar-refractivity contribution is -0.138. The molecule has 0 amide bonds. The molecular formula is C15H11ClFNO2. The van der Waals surface area contributed by atoms with Crippen LogP contribution in [0.4, 0.5) is 4.39 Å². The van der Waals surface area contributed by atoms with Gasteiger partial charge in [0.2, 0.25) is 0 Å². The number of carboxylic acid groups (broad SMARTS) is 1. The fourth-order valence-corrected chi connectivity index (χ4v) is 2.82. The van der Waals surface area contributed by atoms with Gasteiger partial charge in [0.25, 0.3) is 0 Å². The normalized spacial score (nSPS) is 17.0. The van der Waals surface area contributed by atoms with Crippen LogP contribution in [-0.4, -0.2) is 16.1 Å². The molecule has 1 N–H and O–H groups in total. The van der Waals surface area contributed by atoms with E-state index in [1.54, 1.807) is 18.2 Å². The van der Waals surface area contributed by atoms with Gasteiger partial charge in [-0.25, -0.2) is 4.39 Å². The SMILES string of the molecule is O=C(O)C1CCc2nc(-c3ccc(F)cc3)c(Cl)cc21. The standard InChI is InChI=1S/C15H11ClFNO2/c16-12-7-11-10(15(19)20)5-6-13(11)18-14(12)8-1-3-9(17)4-2-8/h1-4,7,10H,5-6H2,(H,19,20). The smallest absolute Gasteiger partial charge is 0.311 e. The van der Waals surface area contributed by atoms with Gasteiger partial charge in [-0.3, -0.25) is 9.78 Å². The van der Waals surface area contributed by atoms with Crippen LogP contribution in [0, 0.1) is 5.82 Å². The van der Waals surface area contributed by atoms with Crippen LogP contribution in [0.5, 0.6) is 0 Å². The number of hydrogen-bond acceptors (Lipinski definition) is 2. The number of pyridine rings is 1. The van der Waals surface area contributed by atoms with E-state index in [2.05, 4.69) is 4.98 Å². The Labute approximate surface area is 120 Å². The third-order valence-electron chi connectivity index (χ3n) is 3.55. The van der Waals surface area contributed by atoms with Gasteiger partial charge in [-0.15, -0.1) is 0 Å². The molecule has 0 bridgehead atoms. The number of aromatic nitrogens is 1. The number of hydrogen-bond donors (Lipinski definition) is 1. The molecule has 1 aliphatic carbocycles. The van der Waals surface area contributed by atoms with E-state index in [4.69, 9.17) is 16.7 Å². The van der Waals surface area contributed by atoms with E-state index in [0.717, 1.165) is 11.3 Å². The number of halogens is 2. The van der Waals surface area contributed by atoms with Gasteiger partial charge >= 0.3 is 5.97 Å². The highest BCUT2D eigenvalue weighted by molar-refractivity contribution is 6.33. The Morgan fingerprint density at radius 3 is 2.70 bits per heavy atom. The molecule has 2 aromatic rings. The number of fused-ring (bicyclic) bond motifs is 1. The molecule has 0 saturated carbocycles. The summed E-state index contributed by atoms with van der Waals surface area (Å²) in [7, 11) is 0. The first-order valence-electron chi connectivity index (χ1n) is 6.24. The van der Waals surface area contributed by atoms with Crippen molar-refractivity contribution >= 4 is 17.6 Å². The van der Waals surface area contributed by atoms with Crippen LogP contribution in [0.2, 0.25) is 5.02 Å². The molecule has 1 atom stereocenters. The third kappa shape index (κ3) is 2.16. The number of nitrogens with zero attached hydrogens (tertiary/aromatic N) is 1. The van der Waals surface area contributed by atoms with Crippen LogP contribution < -0.4 is 0 Å². The fraction of sp³-hybridized carbons (Fsp3) is 0.200. The first kappa shape index (κ1) is 13.1. The van der Waals surface area contributed by atoms with Crippen molar-refractivity contribution in [2.45, 2.75) is 18.8 Å². The van der Waals surface area contributed by atoms with E-state index in [0.29, 0.717) is 29.1 Å². The second-order valence-electron chi connectivity index (χ2n) is 4.79. The van der Waals surface area contributed by atoms with Crippen molar-refractivity contribution in [3.8, 4) is 11.3 Å². The topological polar surface area (TPSA) is 50.2 Å². The van der Waals surface area contributed by atoms with Crippen molar-refractivity contribution in [1.29, 1.82) is 0 Å². The zero-order valence-electron chi connectivity index (χ0n) is 10.4. The van der Waals surface area contributed by atoms with Crippen molar-refractivity contribution in [1.82, 2.24) is 4.98 Å². The second-order valence-corrected chi connectivity index (χ2v) is 5.20. The van der Waals surface area contributed by atoms with E-state index in [1.807, 2.05) is 0 Å². The number of rotatable bonds is 2. The minimum atomic E-state index is -0.851. The molecule has 0 radical (unpaired) electrons. The van der Waals surface area contributed by atoms with Crippen molar-refractivity contribution in [2.75, 3.05) is 0 Å². The molecule has 1 aromatic heterocycles. The van der Waals surface area contributed by atoms with E-state index < -0.39 is 11.9 Å². The summed E-state index contributed by atoms with van der Waals surface area (Å²) in [4.78, 5) is 15.6. The summed E-state index contributed by atoms with van der Waals surface area (Å²) in [5.74, 6) is -1.70. The van der Waals surface area contributed by atoms with E-state index in [-0.39, 0.29) is 5.82 Å². The Hall–Kier alpha value is -1.94. The largest absolute Gasteiger partial charge is 0.481 e. The molecule has 1 aliphatic rings. The Kier molecular flexibility index (Phi) is 3.18. The van der Waals surface area contributed by atoms with Crippen LogP contribution in [-0.2, 0) is 11.2 Å². The number of aliphatic carboxylic acids is 1. The van der Waals surface area contributed by atoms with Gasteiger partial charge in [0.05, 0.1) is 16.6 Å². The van der Waals surface area contributed by atoms with Gasteiger partial charge in [0, 0.05) is 11.3 Å². The molecule has 1 aromatic carbocycles. The average Bonchev–Trinajstić information content (AvgIpc) is 2.81. The Morgan fingerprint density at radius 1 is 1.35 bits per heavy atom. The summed E-state index contributed by atoms with van der Waals surface area (Å²) >= 11 is 6.20. The maximum absolute atomic E-state index is 12.9. The molecule has 0 aliphatic heterocycles. The van der Waals surface area contributed by atoms with E-state index in [9.17, 15) is 9.18 Å². The lowest BCUT2D eigenvalue weighted by atomic mass is 10.0. The first-order valence-corrected chi connectivity index (χ1v) is 6.62. The molecule has 102 valence electrons. The van der Waals surface area contributed by atoms with Crippen LogP contribution in [0.3, 0.4) is 0 Å². The van der Waals surface area contributed by atoms with Gasteiger partial charge < -0.3 is 5.11 Å². The second kappa shape index (κ2) is 4.87. The summed E-state index contributed by atoms with van der Waals surface area (Å²) < 4.78 is 12.9. The molecule has 20 heavy (non-hydrogen) atoms. The van der Waals surface area contributed by atoms with Crippen LogP contribution in [0.1, 0.15) is 23.6 Å². The quantitative estimate of drug-likeness (QED) is 0.919. The first-order chi connectivity index (χ1) is 9.56. The molecule has 1 unspecified atom stereocenters. The molecular weight excluding hydrogens is 281 g/mol. The lowest BCUT2D eigenvalue weighted by Gasteiger charge is -2.09. The minimum absolute atomic E-state index is 0.322. The van der Waals surface area contributed by atoms with Crippen molar-refractivity contribution < 1.29 is 14.3 Å². The van der Waals surface area contributed by atoms with Gasteiger partial charge in [0.15, 0.2) is 0 Å². The molecule has 3 rings (SSSR count). The van der Waals surface area contributed by atoms with Crippen molar-refractivity contribution in [3.63, 3.8) is 0 Å². The van der Waals surface area contributed by atoms with Gasteiger partial charge in [0.1, 0.15) is 5.82 Å². The highest BCUT2D eigenvalue weighted by atomic mass is 35.5. The van der Waals surface area contributed by atoms with Crippen molar-refractivity contribution in [3.05, 3.63) is 52.4 Å². The fourth-order valence-electron chi connectivity index (χ4n) is 2.55. The lowest BCUT2D eigenvalue weighted by Crippen LogP contribution is -2.08. The van der Waals surface area contributed by atoms with Crippen LogP contribution in [0.15, 0.2) is 30.3 Å². The summed E-state index contributed by atoms with van der Waals surface area (Å²) in [5.41, 5.74) is 2.74. The maximum atomic E-state index is 12.9. The number of carboxylic acids is 1. The van der Waals surface area contributed by atoms with Crippen LogP contribution in [0.25, 0.3) is 11.3 Å². The minimum Gasteiger partial charge on any atom is -0.481 e. The Morgan fingerprint density at radius 2 is 2.05 bits per heavy atom. The average molecular weight is 292 g/mol. The molecule has 3 nitrogen and oxygen atoms in total.